The second kappa shape index (κ2) is 5.43. The maximum atomic E-state index is 12.0. The van der Waals surface area contributed by atoms with Gasteiger partial charge in [-0.05, 0) is 24.7 Å². The number of hydrogen-bond donors (Lipinski definition) is 1. The van der Waals surface area contributed by atoms with Gasteiger partial charge in [-0.15, -0.1) is 0 Å². The molecule has 0 aliphatic heterocycles. The lowest BCUT2D eigenvalue weighted by Crippen LogP contribution is -2.38. The Balaban J connectivity index is 2.48. The summed E-state index contributed by atoms with van der Waals surface area (Å²) in [4.78, 5) is 25.6. The van der Waals surface area contributed by atoms with Gasteiger partial charge < -0.3 is 0 Å². The molecule has 1 fully saturated rings. The third kappa shape index (κ3) is 2.62. The van der Waals surface area contributed by atoms with Crippen LogP contribution >= 0.6 is 0 Å². The molecule has 1 aliphatic carbocycles. The van der Waals surface area contributed by atoms with E-state index in [1.807, 2.05) is 6.07 Å². The van der Waals surface area contributed by atoms with Crippen molar-refractivity contribution in [2.45, 2.75) is 45.6 Å². The van der Waals surface area contributed by atoms with Crippen LogP contribution in [-0.4, -0.2) is 9.55 Å². The van der Waals surface area contributed by atoms with Crippen LogP contribution < -0.4 is 11.2 Å². The summed E-state index contributed by atoms with van der Waals surface area (Å²) >= 11 is 0. The third-order valence-electron chi connectivity index (χ3n) is 4.08. The highest BCUT2D eigenvalue weighted by Gasteiger charge is 2.29. The van der Waals surface area contributed by atoms with Crippen molar-refractivity contribution in [2.24, 2.45) is 11.8 Å². The van der Waals surface area contributed by atoms with Gasteiger partial charge in [-0.25, -0.2) is 4.79 Å². The van der Waals surface area contributed by atoms with E-state index in [1.54, 1.807) is 4.57 Å². The first-order valence-electron chi connectivity index (χ1n) is 6.80. The van der Waals surface area contributed by atoms with Crippen LogP contribution in [0.4, 0.5) is 0 Å². The van der Waals surface area contributed by atoms with Crippen LogP contribution in [0, 0.1) is 23.2 Å². The predicted molar refractivity (Wildman–Crippen MR) is 71.9 cm³/mol. The number of aromatic nitrogens is 2. The van der Waals surface area contributed by atoms with Crippen molar-refractivity contribution in [1.82, 2.24) is 9.55 Å². The quantitative estimate of drug-likeness (QED) is 0.881. The summed E-state index contributed by atoms with van der Waals surface area (Å²) in [7, 11) is 0. The van der Waals surface area contributed by atoms with Crippen molar-refractivity contribution in [3.63, 3.8) is 0 Å². The van der Waals surface area contributed by atoms with Crippen molar-refractivity contribution in [3.8, 4) is 6.07 Å². The maximum absolute atomic E-state index is 12.0. The van der Waals surface area contributed by atoms with Crippen molar-refractivity contribution in [3.05, 3.63) is 32.6 Å². The molecular formula is C14H19N3O2. The molecule has 0 spiro atoms. The average molecular weight is 261 g/mol. The summed E-state index contributed by atoms with van der Waals surface area (Å²) in [6.45, 7) is 4.32. The topological polar surface area (TPSA) is 78.7 Å². The molecule has 1 heterocycles. The number of nitrogens with zero attached hydrogens (tertiary/aromatic N) is 2. The van der Waals surface area contributed by atoms with E-state index in [0.717, 1.165) is 19.3 Å². The summed E-state index contributed by atoms with van der Waals surface area (Å²) < 4.78 is 1.56. The molecule has 5 nitrogen and oxygen atoms in total. The number of nitriles is 1. The summed E-state index contributed by atoms with van der Waals surface area (Å²) in [6, 6.07) is 1.93. The summed E-state index contributed by atoms with van der Waals surface area (Å²) in [5.41, 5.74) is -0.991. The maximum Gasteiger partial charge on any atom is 0.328 e. The first kappa shape index (κ1) is 13.6. The van der Waals surface area contributed by atoms with Gasteiger partial charge in [0.25, 0.3) is 5.56 Å². The molecule has 2 rings (SSSR count). The molecule has 19 heavy (non-hydrogen) atoms. The van der Waals surface area contributed by atoms with Crippen molar-refractivity contribution < 1.29 is 0 Å². The molecule has 1 aromatic heterocycles. The lowest BCUT2D eigenvalue weighted by molar-refractivity contribution is 0.179. The molecule has 0 aromatic carbocycles. The van der Waals surface area contributed by atoms with Crippen LogP contribution in [-0.2, 0) is 0 Å². The predicted octanol–water partition coefficient (Wildman–Crippen LogP) is 1.80. The number of H-pyrrole nitrogens is 1. The Kier molecular flexibility index (Phi) is 3.89. The van der Waals surface area contributed by atoms with Gasteiger partial charge >= 0.3 is 5.69 Å². The zero-order valence-corrected chi connectivity index (χ0v) is 11.3. The van der Waals surface area contributed by atoms with E-state index in [0.29, 0.717) is 11.8 Å². The Morgan fingerprint density at radius 3 is 2.68 bits per heavy atom. The molecule has 0 radical (unpaired) electrons. The number of hydrogen-bond acceptors (Lipinski definition) is 3. The summed E-state index contributed by atoms with van der Waals surface area (Å²) in [5, 5.41) is 8.92. The Morgan fingerprint density at radius 2 is 2.05 bits per heavy atom. The summed E-state index contributed by atoms with van der Waals surface area (Å²) in [5.74, 6) is 0.901. The molecule has 5 heteroatoms. The standard InChI is InChI=1S/C14H19N3O2/c1-9(2)11-5-3-4-6-12(11)17-8-10(7-15)13(18)16-14(17)19/h8-9,11-12H,3-6H2,1-2H3,(H,16,18,19). The van der Waals surface area contributed by atoms with Gasteiger partial charge in [0.2, 0.25) is 0 Å². The van der Waals surface area contributed by atoms with Crippen LogP contribution in [0.15, 0.2) is 15.8 Å². The molecule has 1 saturated carbocycles. The van der Waals surface area contributed by atoms with Gasteiger partial charge in [0.1, 0.15) is 11.6 Å². The zero-order chi connectivity index (χ0) is 14.0. The molecule has 1 N–H and O–H groups in total. The lowest BCUT2D eigenvalue weighted by atomic mass is 9.77. The molecule has 1 aromatic rings. The van der Waals surface area contributed by atoms with Gasteiger partial charge in [0, 0.05) is 12.2 Å². The smallest absolute Gasteiger partial charge is 0.296 e. The summed E-state index contributed by atoms with van der Waals surface area (Å²) in [6.07, 6.45) is 5.71. The van der Waals surface area contributed by atoms with Crippen molar-refractivity contribution in [2.75, 3.05) is 0 Å². The highest BCUT2D eigenvalue weighted by molar-refractivity contribution is 5.22. The van der Waals surface area contributed by atoms with Crippen LogP contribution in [0.5, 0.6) is 0 Å². The van der Waals surface area contributed by atoms with E-state index in [1.165, 1.54) is 12.6 Å². The van der Waals surface area contributed by atoms with E-state index < -0.39 is 11.2 Å². The zero-order valence-electron chi connectivity index (χ0n) is 11.3. The molecule has 102 valence electrons. The molecular weight excluding hydrogens is 242 g/mol. The van der Waals surface area contributed by atoms with Crippen LogP contribution in [0.25, 0.3) is 0 Å². The molecule has 0 amide bonds. The third-order valence-corrected chi connectivity index (χ3v) is 4.08. The van der Waals surface area contributed by atoms with Crippen LogP contribution in [0.1, 0.15) is 51.1 Å². The first-order valence-corrected chi connectivity index (χ1v) is 6.80. The minimum absolute atomic E-state index is 0.00711. The number of rotatable bonds is 2. The van der Waals surface area contributed by atoms with Crippen molar-refractivity contribution in [1.29, 1.82) is 5.26 Å². The monoisotopic (exact) mass is 261 g/mol. The van der Waals surface area contributed by atoms with E-state index in [4.69, 9.17) is 5.26 Å². The fourth-order valence-electron chi connectivity index (χ4n) is 3.07. The fraction of sp³-hybridized carbons (Fsp3) is 0.643. The fourth-order valence-corrected chi connectivity index (χ4v) is 3.07. The molecule has 0 bridgehead atoms. The highest BCUT2D eigenvalue weighted by Crippen LogP contribution is 2.37. The van der Waals surface area contributed by atoms with E-state index in [-0.39, 0.29) is 11.6 Å². The SMILES string of the molecule is CC(C)C1CCCCC1n1cc(C#N)c(=O)[nH]c1=O. The number of aromatic amines is 1. The largest absolute Gasteiger partial charge is 0.328 e. The second-order valence-corrected chi connectivity index (χ2v) is 5.58. The normalized spacial score (nSPS) is 23.3. The van der Waals surface area contributed by atoms with Crippen LogP contribution in [0.2, 0.25) is 0 Å². The Morgan fingerprint density at radius 1 is 1.37 bits per heavy atom. The Hall–Kier alpha value is -1.83. The number of nitrogens with one attached hydrogen (secondary N) is 1. The minimum Gasteiger partial charge on any atom is -0.296 e. The molecule has 0 saturated heterocycles. The van der Waals surface area contributed by atoms with Crippen molar-refractivity contribution >= 4 is 0 Å². The minimum atomic E-state index is -0.597. The van der Waals surface area contributed by atoms with E-state index in [2.05, 4.69) is 18.8 Å². The van der Waals surface area contributed by atoms with Gasteiger partial charge in [0.05, 0.1) is 0 Å². The molecule has 2 unspecified atom stereocenters. The molecule has 2 atom stereocenters. The first-order chi connectivity index (χ1) is 9.04. The van der Waals surface area contributed by atoms with E-state index in [9.17, 15) is 9.59 Å². The Bertz CT molecular complexity index is 606. The lowest BCUT2D eigenvalue weighted by Gasteiger charge is -2.35. The van der Waals surface area contributed by atoms with E-state index >= 15 is 0 Å². The van der Waals surface area contributed by atoms with Crippen LogP contribution in [0.3, 0.4) is 0 Å². The average Bonchev–Trinajstić information content (AvgIpc) is 2.39. The van der Waals surface area contributed by atoms with Gasteiger partial charge in [0.15, 0.2) is 0 Å². The van der Waals surface area contributed by atoms with Gasteiger partial charge in [-0.1, -0.05) is 26.7 Å². The Labute approximate surface area is 111 Å². The molecule has 1 aliphatic rings. The van der Waals surface area contributed by atoms with Gasteiger partial charge in [-0.2, -0.15) is 5.26 Å². The van der Waals surface area contributed by atoms with Gasteiger partial charge in [-0.3, -0.25) is 14.3 Å². The highest BCUT2D eigenvalue weighted by atomic mass is 16.2. The second-order valence-electron chi connectivity index (χ2n) is 5.58.